The SMILES string of the molecule is O=C1CN(Cc2ccc(CCS(=O)(=O)c3cccc(OCC(F)F)c3)nn2)C(=O)N1. The molecule has 1 aromatic carbocycles. The first-order valence-corrected chi connectivity index (χ1v) is 10.5. The fraction of sp³-hybridized carbons (Fsp3) is 0.333. The summed E-state index contributed by atoms with van der Waals surface area (Å²) >= 11 is 0. The van der Waals surface area contributed by atoms with E-state index in [1.54, 1.807) is 12.1 Å². The molecule has 0 unspecified atom stereocenters. The van der Waals surface area contributed by atoms with Gasteiger partial charge in [0.05, 0.1) is 28.6 Å². The van der Waals surface area contributed by atoms with E-state index in [2.05, 4.69) is 15.5 Å². The van der Waals surface area contributed by atoms with Crippen LogP contribution in [0.5, 0.6) is 5.75 Å². The van der Waals surface area contributed by atoms with Gasteiger partial charge >= 0.3 is 6.03 Å². The lowest BCUT2D eigenvalue weighted by Crippen LogP contribution is -2.28. The van der Waals surface area contributed by atoms with Crippen molar-refractivity contribution in [2.45, 2.75) is 24.3 Å². The molecule has 1 aromatic heterocycles. The molecule has 30 heavy (non-hydrogen) atoms. The highest BCUT2D eigenvalue weighted by atomic mass is 32.2. The van der Waals surface area contributed by atoms with Crippen LogP contribution in [0, 0.1) is 0 Å². The molecule has 0 atom stereocenters. The molecule has 1 saturated heterocycles. The van der Waals surface area contributed by atoms with Crippen molar-refractivity contribution in [3.8, 4) is 5.75 Å². The van der Waals surface area contributed by atoms with Crippen LogP contribution in [-0.2, 0) is 27.6 Å². The number of aryl methyl sites for hydroxylation is 1. The van der Waals surface area contributed by atoms with E-state index in [9.17, 15) is 26.8 Å². The number of sulfone groups is 1. The molecular formula is C18H18F2N4O5S. The number of imide groups is 1. The van der Waals surface area contributed by atoms with E-state index < -0.39 is 34.8 Å². The summed E-state index contributed by atoms with van der Waals surface area (Å²) in [5, 5.41) is 10.1. The summed E-state index contributed by atoms with van der Waals surface area (Å²) in [6, 6.07) is 8.08. The molecule has 1 aliphatic rings. The van der Waals surface area contributed by atoms with Gasteiger partial charge in [0.25, 0.3) is 6.43 Å². The number of amides is 3. The van der Waals surface area contributed by atoms with Gasteiger partial charge in [0.15, 0.2) is 9.84 Å². The van der Waals surface area contributed by atoms with Gasteiger partial charge in [-0.1, -0.05) is 6.07 Å². The molecule has 0 aliphatic carbocycles. The highest BCUT2D eigenvalue weighted by Gasteiger charge is 2.27. The van der Waals surface area contributed by atoms with E-state index in [0.717, 1.165) is 0 Å². The predicted octanol–water partition coefficient (Wildman–Crippen LogP) is 1.19. The van der Waals surface area contributed by atoms with Gasteiger partial charge in [0.1, 0.15) is 18.9 Å². The standard InChI is InChI=1S/C18H18F2N4O5S/c19-16(20)11-29-14-2-1-3-15(8-14)30(27,28)7-6-12-4-5-13(23-22-12)9-24-10-17(25)21-18(24)26/h1-5,8,16H,6-7,9-11H2,(H,21,25,26). The molecule has 9 nitrogen and oxygen atoms in total. The fourth-order valence-corrected chi connectivity index (χ4v) is 3.98. The average Bonchev–Trinajstić information content (AvgIpc) is 3.03. The number of alkyl halides is 2. The van der Waals surface area contributed by atoms with Crippen LogP contribution in [0.25, 0.3) is 0 Å². The van der Waals surface area contributed by atoms with Crippen molar-refractivity contribution in [3.63, 3.8) is 0 Å². The molecule has 3 amide bonds. The van der Waals surface area contributed by atoms with E-state index in [1.807, 2.05) is 0 Å². The number of halogens is 2. The summed E-state index contributed by atoms with van der Waals surface area (Å²) in [5.41, 5.74) is 0.879. The van der Waals surface area contributed by atoms with E-state index in [1.165, 1.54) is 29.2 Å². The molecule has 160 valence electrons. The summed E-state index contributed by atoms with van der Waals surface area (Å²) in [6.45, 7) is -0.770. The molecule has 0 bridgehead atoms. The first kappa shape index (κ1) is 21.6. The minimum atomic E-state index is -3.70. The predicted molar refractivity (Wildman–Crippen MR) is 99.7 cm³/mol. The maximum atomic E-state index is 12.5. The maximum absolute atomic E-state index is 12.5. The van der Waals surface area contributed by atoms with Crippen molar-refractivity contribution < 1.29 is 31.5 Å². The summed E-state index contributed by atoms with van der Waals surface area (Å²) in [6.07, 6.45) is -2.58. The van der Waals surface area contributed by atoms with E-state index >= 15 is 0 Å². The van der Waals surface area contributed by atoms with Crippen LogP contribution in [0.15, 0.2) is 41.3 Å². The second-order valence-corrected chi connectivity index (χ2v) is 8.58. The van der Waals surface area contributed by atoms with E-state index in [4.69, 9.17) is 4.74 Å². The topological polar surface area (TPSA) is 119 Å². The molecule has 2 aromatic rings. The lowest BCUT2D eigenvalue weighted by molar-refractivity contribution is -0.118. The second kappa shape index (κ2) is 9.11. The van der Waals surface area contributed by atoms with Crippen molar-refractivity contribution in [3.05, 3.63) is 47.8 Å². The highest BCUT2D eigenvalue weighted by molar-refractivity contribution is 7.91. The summed E-state index contributed by atoms with van der Waals surface area (Å²) in [5.74, 6) is -0.606. The molecular weight excluding hydrogens is 422 g/mol. The maximum Gasteiger partial charge on any atom is 0.324 e. The van der Waals surface area contributed by atoms with Gasteiger partial charge < -0.3 is 9.64 Å². The zero-order valence-corrected chi connectivity index (χ0v) is 16.4. The Kier molecular flexibility index (Phi) is 6.55. The Morgan fingerprint density at radius 3 is 2.50 bits per heavy atom. The average molecular weight is 440 g/mol. The van der Waals surface area contributed by atoms with Crippen molar-refractivity contribution in [1.82, 2.24) is 20.4 Å². The number of ether oxygens (including phenoxy) is 1. The van der Waals surface area contributed by atoms with Gasteiger partial charge in [-0.25, -0.2) is 22.0 Å². The number of benzene rings is 1. The zero-order chi connectivity index (χ0) is 21.7. The number of urea groups is 1. The third-order valence-corrected chi connectivity index (χ3v) is 5.88. The van der Waals surface area contributed by atoms with Gasteiger partial charge in [0.2, 0.25) is 5.91 Å². The Morgan fingerprint density at radius 2 is 1.87 bits per heavy atom. The zero-order valence-electron chi connectivity index (χ0n) is 15.6. The Bertz CT molecular complexity index is 1030. The van der Waals surface area contributed by atoms with Gasteiger partial charge in [-0.05, 0) is 30.3 Å². The molecule has 0 radical (unpaired) electrons. The molecule has 3 rings (SSSR count). The number of carbonyl (C=O) groups excluding carboxylic acids is 2. The first-order chi connectivity index (χ1) is 14.2. The molecule has 1 fully saturated rings. The largest absolute Gasteiger partial charge is 0.488 e. The summed E-state index contributed by atoms with van der Waals surface area (Å²) < 4.78 is 54.4. The van der Waals surface area contributed by atoms with Crippen LogP contribution in [0.1, 0.15) is 11.4 Å². The number of nitrogens with one attached hydrogen (secondary N) is 1. The number of hydrogen-bond acceptors (Lipinski definition) is 7. The van der Waals surface area contributed by atoms with E-state index in [0.29, 0.717) is 11.4 Å². The monoisotopic (exact) mass is 440 g/mol. The smallest absolute Gasteiger partial charge is 0.324 e. The molecule has 1 N–H and O–H groups in total. The van der Waals surface area contributed by atoms with Crippen LogP contribution in [0.4, 0.5) is 13.6 Å². The fourth-order valence-electron chi connectivity index (χ4n) is 2.68. The minimum absolute atomic E-state index is 0.0384. The van der Waals surface area contributed by atoms with Gasteiger partial charge in [-0.2, -0.15) is 10.2 Å². The Labute approximate surface area is 171 Å². The second-order valence-electron chi connectivity index (χ2n) is 6.47. The van der Waals surface area contributed by atoms with Crippen molar-refractivity contribution >= 4 is 21.8 Å². The Hall–Kier alpha value is -3.15. The number of rotatable bonds is 9. The normalized spacial score (nSPS) is 14.3. The number of aromatic nitrogens is 2. The molecule has 0 saturated carbocycles. The molecule has 0 spiro atoms. The van der Waals surface area contributed by atoms with E-state index in [-0.39, 0.29) is 35.9 Å². The van der Waals surface area contributed by atoms with Crippen LogP contribution in [0.3, 0.4) is 0 Å². The minimum Gasteiger partial charge on any atom is -0.488 e. The first-order valence-electron chi connectivity index (χ1n) is 8.87. The van der Waals surface area contributed by atoms with Crippen molar-refractivity contribution in [2.24, 2.45) is 0 Å². The van der Waals surface area contributed by atoms with Crippen LogP contribution >= 0.6 is 0 Å². The lowest BCUT2D eigenvalue weighted by Gasteiger charge is -2.12. The van der Waals surface area contributed by atoms with Crippen LogP contribution < -0.4 is 10.1 Å². The molecule has 12 heteroatoms. The molecule has 2 heterocycles. The van der Waals surface area contributed by atoms with Gasteiger partial charge in [-0.15, -0.1) is 0 Å². The van der Waals surface area contributed by atoms with Crippen LogP contribution in [-0.4, -0.2) is 60.8 Å². The third-order valence-electron chi connectivity index (χ3n) is 4.16. The van der Waals surface area contributed by atoms with Crippen LogP contribution in [0.2, 0.25) is 0 Å². The number of carbonyl (C=O) groups is 2. The molecule has 1 aliphatic heterocycles. The highest BCUT2D eigenvalue weighted by Crippen LogP contribution is 2.20. The van der Waals surface area contributed by atoms with Gasteiger partial charge in [-0.3, -0.25) is 10.1 Å². The summed E-state index contributed by atoms with van der Waals surface area (Å²) in [7, 11) is -3.70. The van der Waals surface area contributed by atoms with Gasteiger partial charge in [0, 0.05) is 6.42 Å². The quantitative estimate of drug-likeness (QED) is 0.582. The number of hydrogen-bond donors (Lipinski definition) is 1. The number of nitrogens with zero attached hydrogens (tertiary/aromatic N) is 3. The Balaban J connectivity index is 1.58. The van der Waals surface area contributed by atoms with Crippen molar-refractivity contribution in [1.29, 1.82) is 0 Å². The third kappa shape index (κ3) is 5.69. The lowest BCUT2D eigenvalue weighted by atomic mass is 10.3. The summed E-state index contributed by atoms with van der Waals surface area (Å²) in [4.78, 5) is 24.0. The Morgan fingerprint density at radius 1 is 1.13 bits per heavy atom. The van der Waals surface area contributed by atoms with Crippen molar-refractivity contribution in [2.75, 3.05) is 18.9 Å².